The van der Waals surface area contributed by atoms with Crippen LogP contribution >= 0.6 is 15.9 Å². The summed E-state index contributed by atoms with van der Waals surface area (Å²) in [5.74, 6) is 0.798. The van der Waals surface area contributed by atoms with E-state index in [0.717, 1.165) is 5.75 Å². The largest absolute Gasteiger partial charge is 0.497 e. The molecule has 0 saturated heterocycles. The summed E-state index contributed by atoms with van der Waals surface area (Å²) < 4.78 is 16.1. The number of methoxy groups -OCH3 is 1. The van der Waals surface area contributed by atoms with Gasteiger partial charge in [0.25, 0.3) is 5.91 Å². The number of carbonyl (C=O) groups excluding carboxylic acids is 2. The first-order valence-corrected chi connectivity index (χ1v) is 7.95. The van der Waals surface area contributed by atoms with Crippen LogP contribution in [0, 0.1) is 0 Å². The van der Waals surface area contributed by atoms with Crippen molar-refractivity contribution in [3.05, 3.63) is 46.8 Å². The first kappa shape index (κ1) is 17.9. The third-order valence-electron chi connectivity index (χ3n) is 2.96. The third-order valence-corrected chi connectivity index (χ3v) is 3.39. The summed E-state index contributed by atoms with van der Waals surface area (Å²) in [5, 5.41) is 5.11. The second-order valence-corrected chi connectivity index (χ2v) is 5.44. The number of nitrogens with one attached hydrogen (secondary N) is 2. The molecule has 24 heavy (non-hydrogen) atoms. The van der Waals surface area contributed by atoms with Crippen molar-refractivity contribution in [2.75, 3.05) is 26.8 Å². The van der Waals surface area contributed by atoms with Gasteiger partial charge in [0.05, 0.1) is 20.2 Å². The maximum atomic E-state index is 11.7. The molecule has 2 aromatic rings. The Morgan fingerprint density at radius 3 is 2.42 bits per heavy atom. The Morgan fingerprint density at radius 1 is 1.08 bits per heavy atom. The fourth-order valence-electron chi connectivity index (χ4n) is 1.78. The summed E-state index contributed by atoms with van der Waals surface area (Å²) in [6.45, 7) is 0.504. The van der Waals surface area contributed by atoms with Gasteiger partial charge in [-0.3, -0.25) is 9.59 Å². The molecule has 0 fully saturated rings. The summed E-state index contributed by atoms with van der Waals surface area (Å²) in [5.41, 5.74) is 0. The number of amides is 2. The van der Waals surface area contributed by atoms with Crippen LogP contribution in [0.15, 0.2) is 45.5 Å². The number of furan rings is 1. The van der Waals surface area contributed by atoms with Gasteiger partial charge in [-0.05, 0) is 52.3 Å². The van der Waals surface area contributed by atoms with Crippen molar-refractivity contribution in [2.24, 2.45) is 0 Å². The Balaban J connectivity index is 1.61. The zero-order chi connectivity index (χ0) is 17.4. The van der Waals surface area contributed by atoms with Crippen molar-refractivity contribution in [3.8, 4) is 11.5 Å². The summed E-state index contributed by atoms with van der Waals surface area (Å²) >= 11 is 3.10. The van der Waals surface area contributed by atoms with E-state index in [1.54, 1.807) is 37.4 Å². The summed E-state index contributed by atoms with van der Waals surface area (Å²) in [6, 6.07) is 10.3. The van der Waals surface area contributed by atoms with Crippen LogP contribution in [0.2, 0.25) is 0 Å². The fraction of sp³-hybridized carbons (Fsp3) is 0.250. The van der Waals surface area contributed by atoms with Crippen LogP contribution in [-0.2, 0) is 4.79 Å². The number of rotatable bonds is 8. The van der Waals surface area contributed by atoms with Crippen molar-refractivity contribution in [3.63, 3.8) is 0 Å². The molecule has 2 rings (SSSR count). The van der Waals surface area contributed by atoms with Gasteiger partial charge >= 0.3 is 0 Å². The smallest absolute Gasteiger partial charge is 0.287 e. The molecule has 0 bridgehead atoms. The minimum absolute atomic E-state index is 0.137. The number of carbonyl (C=O) groups is 2. The monoisotopic (exact) mass is 396 g/mol. The van der Waals surface area contributed by atoms with Crippen LogP contribution in [0.5, 0.6) is 11.5 Å². The van der Waals surface area contributed by atoms with E-state index in [1.807, 2.05) is 0 Å². The molecule has 0 unspecified atom stereocenters. The Bertz CT molecular complexity index is 684. The average molecular weight is 397 g/mol. The highest BCUT2D eigenvalue weighted by Crippen LogP contribution is 2.16. The zero-order valence-electron chi connectivity index (χ0n) is 13.0. The number of ether oxygens (including phenoxy) is 2. The highest BCUT2D eigenvalue weighted by Gasteiger charge is 2.11. The number of hydrogen-bond acceptors (Lipinski definition) is 5. The fourth-order valence-corrected chi connectivity index (χ4v) is 2.08. The standard InChI is InChI=1S/C16H17BrN2O5/c1-22-11-2-4-12(5-3-11)23-9-8-18-15(20)10-19-16(21)13-6-7-14(17)24-13/h2-7H,8-10H2,1H3,(H,18,20)(H,19,21). The van der Waals surface area contributed by atoms with Gasteiger partial charge < -0.3 is 24.5 Å². The molecule has 2 N–H and O–H groups in total. The summed E-state index contributed by atoms with van der Waals surface area (Å²) in [6.07, 6.45) is 0. The molecule has 0 aliphatic heterocycles. The van der Waals surface area contributed by atoms with Gasteiger partial charge in [-0.1, -0.05) is 0 Å². The molecule has 2 amide bonds. The molecular formula is C16H17BrN2O5. The molecular weight excluding hydrogens is 380 g/mol. The SMILES string of the molecule is COc1ccc(OCCNC(=O)CNC(=O)c2ccc(Br)o2)cc1. The van der Waals surface area contributed by atoms with Crippen LogP contribution in [0.1, 0.15) is 10.6 Å². The van der Waals surface area contributed by atoms with Crippen LogP contribution in [0.25, 0.3) is 0 Å². The molecule has 0 radical (unpaired) electrons. The lowest BCUT2D eigenvalue weighted by molar-refractivity contribution is -0.120. The minimum Gasteiger partial charge on any atom is -0.497 e. The maximum Gasteiger partial charge on any atom is 0.287 e. The highest BCUT2D eigenvalue weighted by molar-refractivity contribution is 9.10. The number of halogens is 1. The van der Waals surface area contributed by atoms with E-state index in [4.69, 9.17) is 13.9 Å². The lowest BCUT2D eigenvalue weighted by Gasteiger charge is -2.08. The number of hydrogen-bond donors (Lipinski definition) is 2. The predicted molar refractivity (Wildman–Crippen MR) is 90.2 cm³/mol. The first-order chi connectivity index (χ1) is 11.6. The quantitative estimate of drug-likeness (QED) is 0.665. The highest BCUT2D eigenvalue weighted by atomic mass is 79.9. The Morgan fingerprint density at radius 2 is 1.79 bits per heavy atom. The van der Waals surface area contributed by atoms with Crippen LogP contribution in [-0.4, -0.2) is 38.6 Å². The van der Waals surface area contributed by atoms with Crippen LogP contribution < -0.4 is 20.1 Å². The normalized spacial score (nSPS) is 10.1. The van der Waals surface area contributed by atoms with Gasteiger partial charge in [-0.2, -0.15) is 0 Å². The van der Waals surface area contributed by atoms with Crippen LogP contribution in [0.3, 0.4) is 0 Å². The van der Waals surface area contributed by atoms with Gasteiger partial charge in [0.2, 0.25) is 5.91 Å². The molecule has 0 aliphatic carbocycles. The van der Waals surface area contributed by atoms with Crippen molar-refractivity contribution < 1.29 is 23.5 Å². The molecule has 0 atom stereocenters. The van der Waals surface area contributed by atoms with Gasteiger partial charge in [-0.15, -0.1) is 0 Å². The minimum atomic E-state index is -0.453. The zero-order valence-corrected chi connectivity index (χ0v) is 14.6. The Kier molecular flexibility index (Phi) is 6.68. The molecule has 1 heterocycles. The van der Waals surface area contributed by atoms with E-state index in [2.05, 4.69) is 26.6 Å². The second-order valence-electron chi connectivity index (χ2n) is 4.66. The van der Waals surface area contributed by atoms with E-state index in [-0.39, 0.29) is 18.2 Å². The topological polar surface area (TPSA) is 89.8 Å². The third kappa shape index (κ3) is 5.62. The summed E-state index contributed by atoms with van der Waals surface area (Å²) in [4.78, 5) is 23.3. The molecule has 0 spiro atoms. The molecule has 8 heteroatoms. The molecule has 0 saturated carbocycles. The Hall–Kier alpha value is -2.48. The van der Waals surface area contributed by atoms with Crippen molar-refractivity contribution in [2.45, 2.75) is 0 Å². The van der Waals surface area contributed by atoms with E-state index in [9.17, 15) is 9.59 Å². The van der Waals surface area contributed by atoms with Gasteiger partial charge in [-0.25, -0.2) is 0 Å². The maximum absolute atomic E-state index is 11.7. The average Bonchev–Trinajstić information content (AvgIpc) is 3.03. The first-order valence-electron chi connectivity index (χ1n) is 7.15. The predicted octanol–water partition coefficient (Wildman–Crippen LogP) is 1.98. The van der Waals surface area contributed by atoms with E-state index in [1.165, 1.54) is 6.07 Å². The lowest BCUT2D eigenvalue weighted by Crippen LogP contribution is -2.38. The molecule has 128 valence electrons. The van der Waals surface area contributed by atoms with Crippen molar-refractivity contribution in [1.82, 2.24) is 10.6 Å². The van der Waals surface area contributed by atoms with Crippen molar-refractivity contribution in [1.29, 1.82) is 0 Å². The van der Waals surface area contributed by atoms with E-state index < -0.39 is 5.91 Å². The Labute approximate surface area is 147 Å². The molecule has 1 aromatic heterocycles. The molecule has 7 nitrogen and oxygen atoms in total. The molecule has 0 aliphatic rings. The van der Waals surface area contributed by atoms with Gasteiger partial charge in [0.15, 0.2) is 10.4 Å². The number of benzene rings is 1. The summed E-state index contributed by atoms with van der Waals surface area (Å²) in [7, 11) is 1.59. The van der Waals surface area contributed by atoms with Gasteiger partial charge in [0, 0.05) is 0 Å². The lowest BCUT2D eigenvalue weighted by atomic mass is 10.3. The second kappa shape index (κ2) is 8.97. The van der Waals surface area contributed by atoms with E-state index >= 15 is 0 Å². The van der Waals surface area contributed by atoms with Crippen LogP contribution in [0.4, 0.5) is 0 Å². The molecule has 1 aromatic carbocycles. The van der Waals surface area contributed by atoms with Gasteiger partial charge in [0.1, 0.15) is 18.1 Å². The van der Waals surface area contributed by atoms with Crippen molar-refractivity contribution >= 4 is 27.7 Å². The van der Waals surface area contributed by atoms with E-state index in [0.29, 0.717) is 23.6 Å².